The van der Waals surface area contributed by atoms with Gasteiger partial charge in [-0.3, -0.25) is 4.57 Å². The molecule has 3 aromatic heterocycles. The molecule has 0 spiro atoms. The molecule has 4 rings (SSSR count). The minimum absolute atomic E-state index is 0.254. The quantitative estimate of drug-likeness (QED) is 0.568. The Morgan fingerprint density at radius 3 is 2.76 bits per heavy atom. The molecule has 0 aliphatic carbocycles. The standard InChI is InChI=1S/C17H13ClFN5S/c1-10-20-6-7-24(10)17-22-15(13-8-14(18)25-16(13)23-17)21-9-11-2-4-12(19)5-3-11/h2-8H,9H2,1H3,(H,21,22,23). The normalized spacial score (nSPS) is 11.2. The fraction of sp³-hybridized carbons (Fsp3) is 0.118. The van der Waals surface area contributed by atoms with Crippen LogP contribution in [0.25, 0.3) is 16.2 Å². The summed E-state index contributed by atoms with van der Waals surface area (Å²) in [7, 11) is 0. The van der Waals surface area contributed by atoms with Crippen molar-refractivity contribution in [1.29, 1.82) is 0 Å². The van der Waals surface area contributed by atoms with E-state index in [1.54, 1.807) is 18.3 Å². The van der Waals surface area contributed by atoms with Crippen LogP contribution in [0, 0.1) is 12.7 Å². The van der Waals surface area contributed by atoms with Crippen LogP contribution in [0.3, 0.4) is 0 Å². The first kappa shape index (κ1) is 16.0. The Hall–Kier alpha value is -2.51. The third-order valence-electron chi connectivity index (χ3n) is 3.77. The molecule has 0 fully saturated rings. The van der Waals surface area contributed by atoms with Crippen molar-refractivity contribution in [3.8, 4) is 5.95 Å². The number of fused-ring (bicyclic) bond motifs is 1. The Morgan fingerprint density at radius 1 is 1.24 bits per heavy atom. The molecule has 1 N–H and O–H groups in total. The maximum Gasteiger partial charge on any atom is 0.238 e. The summed E-state index contributed by atoms with van der Waals surface area (Å²) in [6, 6.07) is 8.20. The molecular formula is C17H13ClFN5S. The van der Waals surface area contributed by atoms with Gasteiger partial charge in [0.2, 0.25) is 5.95 Å². The van der Waals surface area contributed by atoms with Crippen LogP contribution < -0.4 is 5.32 Å². The number of imidazole rings is 1. The Kier molecular flexibility index (Phi) is 4.10. The number of hydrogen-bond donors (Lipinski definition) is 1. The lowest BCUT2D eigenvalue weighted by Crippen LogP contribution is -2.07. The molecule has 0 atom stereocenters. The van der Waals surface area contributed by atoms with Crippen LogP contribution in [0.4, 0.5) is 10.2 Å². The number of benzene rings is 1. The number of hydrogen-bond acceptors (Lipinski definition) is 5. The van der Waals surface area contributed by atoms with E-state index in [0.29, 0.717) is 22.6 Å². The van der Waals surface area contributed by atoms with Crippen LogP contribution in [0.5, 0.6) is 0 Å². The molecule has 1 aromatic carbocycles. The number of rotatable bonds is 4. The molecule has 0 radical (unpaired) electrons. The summed E-state index contributed by atoms with van der Waals surface area (Å²) >= 11 is 7.56. The van der Waals surface area contributed by atoms with E-state index in [9.17, 15) is 4.39 Å². The molecule has 3 heterocycles. The van der Waals surface area contributed by atoms with Gasteiger partial charge in [0.25, 0.3) is 0 Å². The van der Waals surface area contributed by atoms with Gasteiger partial charge in [-0.1, -0.05) is 23.7 Å². The number of nitrogens with zero attached hydrogens (tertiary/aromatic N) is 4. The molecule has 0 saturated heterocycles. The van der Waals surface area contributed by atoms with E-state index in [-0.39, 0.29) is 5.82 Å². The van der Waals surface area contributed by atoms with E-state index in [0.717, 1.165) is 21.6 Å². The van der Waals surface area contributed by atoms with Gasteiger partial charge in [0, 0.05) is 18.9 Å². The molecule has 0 bridgehead atoms. The van der Waals surface area contributed by atoms with Crippen molar-refractivity contribution in [2.24, 2.45) is 0 Å². The van der Waals surface area contributed by atoms with Crippen molar-refractivity contribution < 1.29 is 4.39 Å². The van der Waals surface area contributed by atoms with Gasteiger partial charge < -0.3 is 5.32 Å². The second-order valence-corrected chi connectivity index (χ2v) is 7.13. The molecule has 25 heavy (non-hydrogen) atoms. The molecule has 0 amide bonds. The lowest BCUT2D eigenvalue weighted by atomic mass is 10.2. The maximum atomic E-state index is 13.0. The molecule has 8 heteroatoms. The smallest absolute Gasteiger partial charge is 0.238 e. The van der Waals surface area contributed by atoms with Gasteiger partial charge in [0.05, 0.1) is 9.72 Å². The molecule has 0 saturated carbocycles. The Bertz CT molecular complexity index is 1040. The molecule has 0 aliphatic rings. The monoisotopic (exact) mass is 373 g/mol. The summed E-state index contributed by atoms with van der Waals surface area (Å²) in [6.07, 6.45) is 3.52. The first-order chi connectivity index (χ1) is 12.1. The summed E-state index contributed by atoms with van der Waals surface area (Å²) in [4.78, 5) is 14.2. The van der Waals surface area contributed by atoms with E-state index < -0.39 is 0 Å². The van der Waals surface area contributed by atoms with Crippen molar-refractivity contribution in [3.05, 3.63) is 64.3 Å². The zero-order valence-electron chi connectivity index (χ0n) is 13.2. The van der Waals surface area contributed by atoms with Gasteiger partial charge in [-0.25, -0.2) is 14.4 Å². The average molecular weight is 374 g/mol. The fourth-order valence-corrected chi connectivity index (χ4v) is 3.58. The molecule has 0 unspecified atom stereocenters. The van der Waals surface area contributed by atoms with Gasteiger partial charge in [-0.15, -0.1) is 11.3 Å². The predicted molar refractivity (Wildman–Crippen MR) is 98.0 cm³/mol. The van der Waals surface area contributed by atoms with Crippen molar-refractivity contribution >= 4 is 39.0 Å². The number of nitrogens with one attached hydrogen (secondary N) is 1. The number of anilines is 1. The fourth-order valence-electron chi connectivity index (χ4n) is 2.50. The minimum Gasteiger partial charge on any atom is -0.365 e. The molecule has 4 aromatic rings. The Balaban J connectivity index is 1.73. The number of halogens is 2. The molecule has 5 nitrogen and oxygen atoms in total. The molecular weight excluding hydrogens is 361 g/mol. The summed E-state index contributed by atoms with van der Waals surface area (Å²) in [6.45, 7) is 2.41. The van der Waals surface area contributed by atoms with Crippen LogP contribution in [0.2, 0.25) is 4.34 Å². The first-order valence-corrected chi connectivity index (χ1v) is 8.75. The van der Waals surface area contributed by atoms with Crippen LogP contribution in [-0.2, 0) is 6.54 Å². The van der Waals surface area contributed by atoms with E-state index in [2.05, 4.69) is 20.3 Å². The molecule has 0 aliphatic heterocycles. The number of thiophene rings is 1. The van der Waals surface area contributed by atoms with Crippen molar-refractivity contribution in [2.45, 2.75) is 13.5 Å². The van der Waals surface area contributed by atoms with Gasteiger partial charge >= 0.3 is 0 Å². The Labute approximate surface area is 152 Å². The third-order valence-corrected chi connectivity index (χ3v) is 4.92. The van der Waals surface area contributed by atoms with E-state index >= 15 is 0 Å². The summed E-state index contributed by atoms with van der Waals surface area (Å²) < 4.78 is 15.5. The van der Waals surface area contributed by atoms with E-state index in [4.69, 9.17) is 11.6 Å². The van der Waals surface area contributed by atoms with Crippen LogP contribution in [-0.4, -0.2) is 19.5 Å². The highest BCUT2D eigenvalue weighted by Crippen LogP contribution is 2.32. The summed E-state index contributed by atoms with van der Waals surface area (Å²) in [5.74, 6) is 1.75. The molecule has 126 valence electrons. The average Bonchev–Trinajstić information content (AvgIpc) is 3.18. The van der Waals surface area contributed by atoms with Crippen molar-refractivity contribution in [1.82, 2.24) is 19.5 Å². The SMILES string of the molecule is Cc1nccn1-c1nc(NCc2ccc(F)cc2)c2cc(Cl)sc2n1. The highest BCUT2D eigenvalue weighted by molar-refractivity contribution is 7.22. The zero-order valence-corrected chi connectivity index (χ0v) is 14.8. The first-order valence-electron chi connectivity index (χ1n) is 7.56. The zero-order chi connectivity index (χ0) is 17.4. The van der Waals surface area contributed by atoms with E-state index in [1.165, 1.54) is 23.5 Å². The minimum atomic E-state index is -0.254. The topological polar surface area (TPSA) is 55.6 Å². The van der Waals surface area contributed by atoms with Gasteiger partial charge in [-0.05, 0) is 30.7 Å². The van der Waals surface area contributed by atoms with Crippen molar-refractivity contribution in [3.63, 3.8) is 0 Å². The highest BCUT2D eigenvalue weighted by Gasteiger charge is 2.13. The van der Waals surface area contributed by atoms with Crippen LogP contribution >= 0.6 is 22.9 Å². The lowest BCUT2D eigenvalue weighted by molar-refractivity contribution is 0.627. The lowest BCUT2D eigenvalue weighted by Gasteiger charge is -2.10. The van der Waals surface area contributed by atoms with Gasteiger partial charge in [0.1, 0.15) is 22.3 Å². The Morgan fingerprint density at radius 2 is 2.04 bits per heavy atom. The summed E-state index contributed by atoms with van der Waals surface area (Å²) in [5, 5.41) is 4.16. The maximum absolute atomic E-state index is 13.0. The second kappa shape index (κ2) is 6.42. The van der Waals surface area contributed by atoms with Gasteiger partial charge in [-0.2, -0.15) is 4.98 Å². The number of aryl methyl sites for hydroxylation is 1. The van der Waals surface area contributed by atoms with Gasteiger partial charge in [0.15, 0.2) is 0 Å². The van der Waals surface area contributed by atoms with Crippen LogP contribution in [0.15, 0.2) is 42.7 Å². The van der Waals surface area contributed by atoms with Crippen molar-refractivity contribution in [2.75, 3.05) is 5.32 Å². The number of aromatic nitrogens is 4. The predicted octanol–water partition coefficient (Wildman–Crippen LogP) is 4.59. The highest BCUT2D eigenvalue weighted by atomic mass is 35.5. The van der Waals surface area contributed by atoms with Crippen LogP contribution in [0.1, 0.15) is 11.4 Å². The summed E-state index contributed by atoms with van der Waals surface area (Å²) in [5.41, 5.74) is 0.954. The van der Waals surface area contributed by atoms with E-state index in [1.807, 2.05) is 23.8 Å². The largest absolute Gasteiger partial charge is 0.365 e. The second-order valence-electron chi connectivity index (χ2n) is 5.47. The third kappa shape index (κ3) is 3.20.